The van der Waals surface area contributed by atoms with E-state index in [1.807, 2.05) is 0 Å². The van der Waals surface area contributed by atoms with Crippen LogP contribution in [0.5, 0.6) is 0 Å². The number of imidazole rings is 1. The van der Waals surface area contributed by atoms with Gasteiger partial charge in [-0.15, -0.1) is 0 Å². The number of nitro benzene ring substituents is 1. The largest absolute Gasteiger partial charge is 0.387 e. The van der Waals surface area contributed by atoms with E-state index < -0.39 is 29.5 Å². The van der Waals surface area contributed by atoms with Crippen LogP contribution in [0.4, 0.5) is 11.5 Å². The van der Waals surface area contributed by atoms with E-state index in [-0.39, 0.29) is 5.69 Å². The number of nitrogens with two attached hydrogens (primary N) is 1. The molecule has 3 aromatic rings. The van der Waals surface area contributed by atoms with Crippen LogP contribution in [0.25, 0.3) is 11.2 Å². The van der Waals surface area contributed by atoms with Gasteiger partial charge in [0.2, 0.25) is 0 Å². The Balaban J connectivity index is 1.50. The van der Waals surface area contributed by atoms with E-state index in [2.05, 4.69) is 20.3 Å². The number of aliphatic hydroxyl groups is 2. The molecule has 12 nitrogen and oxygen atoms in total. The van der Waals surface area contributed by atoms with Gasteiger partial charge in [-0.1, -0.05) is 12.1 Å². The van der Waals surface area contributed by atoms with Crippen molar-refractivity contribution in [2.45, 2.75) is 31.1 Å². The first-order valence-electron chi connectivity index (χ1n) is 9.93. The smallest absolute Gasteiger partial charge is 0.269 e. The summed E-state index contributed by atoms with van der Waals surface area (Å²) in [6.07, 6.45) is -0.689. The van der Waals surface area contributed by atoms with Gasteiger partial charge in [0, 0.05) is 36.7 Å². The first kappa shape index (κ1) is 22.4. The summed E-state index contributed by atoms with van der Waals surface area (Å²) >= 11 is 1.55. The first-order valence-corrected chi connectivity index (χ1v) is 11.1. The van der Waals surface area contributed by atoms with Gasteiger partial charge < -0.3 is 26.0 Å². The summed E-state index contributed by atoms with van der Waals surface area (Å²) in [7, 11) is 0. The summed E-state index contributed by atoms with van der Waals surface area (Å²) in [6.45, 7) is 0.900. The fourth-order valence-corrected chi connectivity index (χ4v) is 4.31. The molecule has 0 aliphatic carbocycles. The number of nitrogens with one attached hydrogen (secondary N) is 1. The fraction of sp³-hybridized carbons (Fsp3) is 0.421. The molecule has 4 rings (SSSR count). The highest BCUT2D eigenvalue weighted by molar-refractivity contribution is 7.99. The molecule has 3 heterocycles. The van der Waals surface area contributed by atoms with Gasteiger partial charge in [-0.3, -0.25) is 14.7 Å². The Labute approximate surface area is 187 Å². The Morgan fingerprint density at radius 1 is 1.22 bits per heavy atom. The van der Waals surface area contributed by atoms with Crippen LogP contribution in [0.15, 0.2) is 36.9 Å². The number of thioether (sulfide) groups is 1. The monoisotopic (exact) mass is 461 g/mol. The van der Waals surface area contributed by atoms with Crippen LogP contribution in [0.2, 0.25) is 0 Å². The van der Waals surface area contributed by atoms with E-state index >= 15 is 0 Å². The molecule has 1 saturated heterocycles. The number of aliphatic hydroxyl groups excluding tert-OH is 2. The Morgan fingerprint density at radius 3 is 2.72 bits per heavy atom. The molecule has 1 fully saturated rings. The molecule has 0 bridgehead atoms. The summed E-state index contributed by atoms with van der Waals surface area (Å²) in [5, 5.41) is 34.9. The van der Waals surface area contributed by atoms with Crippen LogP contribution >= 0.6 is 11.8 Å². The van der Waals surface area contributed by atoms with Crippen molar-refractivity contribution in [3.05, 3.63) is 52.6 Å². The van der Waals surface area contributed by atoms with Gasteiger partial charge in [-0.25, -0.2) is 15.0 Å². The van der Waals surface area contributed by atoms with Crippen molar-refractivity contribution in [1.29, 1.82) is 0 Å². The summed E-state index contributed by atoms with van der Waals surface area (Å²) in [4.78, 5) is 23.2. The lowest BCUT2D eigenvalue weighted by Crippen LogP contribution is -2.32. The highest BCUT2D eigenvalue weighted by Crippen LogP contribution is 2.33. The van der Waals surface area contributed by atoms with Gasteiger partial charge in [0.1, 0.15) is 18.5 Å². The number of hydrogen-bond donors (Lipinski definition) is 4. The molecule has 0 spiro atoms. The van der Waals surface area contributed by atoms with Crippen LogP contribution in [0.1, 0.15) is 11.8 Å². The van der Waals surface area contributed by atoms with E-state index in [1.165, 1.54) is 24.8 Å². The number of rotatable bonds is 9. The first-order chi connectivity index (χ1) is 15.5. The molecule has 1 aromatic carbocycles. The second-order valence-electron chi connectivity index (χ2n) is 7.23. The van der Waals surface area contributed by atoms with Crippen molar-refractivity contribution in [1.82, 2.24) is 19.5 Å². The second kappa shape index (κ2) is 9.75. The Kier molecular flexibility index (Phi) is 6.81. The number of hydrogen-bond acceptors (Lipinski definition) is 11. The molecule has 4 atom stereocenters. The van der Waals surface area contributed by atoms with Crippen LogP contribution in [-0.4, -0.2) is 71.0 Å². The number of non-ortho nitro benzene ring substituents is 1. The molecule has 4 unspecified atom stereocenters. The zero-order valence-corrected chi connectivity index (χ0v) is 17.8. The minimum Gasteiger partial charge on any atom is -0.387 e. The highest BCUT2D eigenvalue weighted by Gasteiger charge is 2.44. The molecular formula is C19H23N7O5S. The summed E-state index contributed by atoms with van der Waals surface area (Å²) < 4.78 is 7.49. The Bertz CT molecular complexity index is 1080. The van der Waals surface area contributed by atoms with Gasteiger partial charge >= 0.3 is 0 Å². The number of benzene rings is 1. The fourth-order valence-electron chi connectivity index (χ4n) is 3.47. The van der Waals surface area contributed by atoms with Gasteiger partial charge in [0.05, 0.1) is 17.4 Å². The van der Waals surface area contributed by atoms with Crippen molar-refractivity contribution < 1.29 is 19.9 Å². The molecule has 0 saturated carbocycles. The quantitative estimate of drug-likeness (QED) is 0.200. The highest BCUT2D eigenvalue weighted by atomic mass is 32.2. The second-order valence-corrected chi connectivity index (χ2v) is 8.38. The van der Waals surface area contributed by atoms with E-state index in [0.29, 0.717) is 35.8 Å². The number of ether oxygens (including phenoxy) is 1. The number of anilines is 1. The summed E-state index contributed by atoms with van der Waals surface area (Å²) in [6, 6.07) is 6.20. The molecular weight excluding hydrogens is 438 g/mol. The third-order valence-electron chi connectivity index (χ3n) is 5.12. The minimum atomic E-state index is -1.14. The van der Waals surface area contributed by atoms with Crippen LogP contribution in [0.3, 0.4) is 0 Å². The average molecular weight is 462 g/mol. The SMILES string of the molecule is NCCSCC1OC(n2cnc3c(NCc4ccc([N+](=O)[O-])cc4)ncnc32)C(O)C1O. The topological polar surface area (TPSA) is 174 Å². The lowest BCUT2D eigenvalue weighted by Gasteiger charge is -2.16. The molecule has 13 heteroatoms. The van der Waals surface area contributed by atoms with Crippen molar-refractivity contribution in [3.8, 4) is 0 Å². The number of nitro groups is 1. The van der Waals surface area contributed by atoms with Gasteiger partial charge in [-0.05, 0) is 5.56 Å². The van der Waals surface area contributed by atoms with Gasteiger partial charge in [0.15, 0.2) is 23.2 Å². The predicted molar refractivity (Wildman–Crippen MR) is 118 cm³/mol. The van der Waals surface area contributed by atoms with Crippen LogP contribution in [-0.2, 0) is 11.3 Å². The molecule has 0 radical (unpaired) electrons. The molecule has 5 N–H and O–H groups in total. The van der Waals surface area contributed by atoms with Gasteiger partial charge in [0.25, 0.3) is 5.69 Å². The lowest BCUT2D eigenvalue weighted by molar-refractivity contribution is -0.384. The Morgan fingerprint density at radius 2 is 2.00 bits per heavy atom. The molecule has 2 aromatic heterocycles. The van der Waals surface area contributed by atoms with Crippen molar-refractivity contribution in [3.63, 3.8) is 0 Å². The zero-order chi connectivity index (χ0) is 22.7. The third-order valence-corrected chi connectivity index (χ3v) is 6.21. The van der Waals surface area contributed by atoms with Crippen molar-refractivity contribution in [2.24, 2.45) is 5.73 Å². The maximum atomic E-state index is 10.8. The summed E-state index contributed by atoms with van der Waals surface area (Å²) in [5.74, 6) is 1.71. The van der Waals surface area contributed by atoms with Crippen molar-refractivity contribution >= 4 is 34.4 Å². The molecule has 0 amide bonds. The van der Waals surface area contributed by atoms with E-state index in [9.17, 15) is 20.3 Å². The molecule has 32 heavy (non-hydrogen) atoms. The van der Waals surface area contributed by atoms with E-state index in [0.717, 1.165) is 11.3 Å². The average Bonchev–Trinajstić information content (AvgIpc) is 3.35. The standard InChI is InChI=1S/C19H23N7O5S/c20-5-6-32-8-13-15(27)16(28)19(31-13)25-10-24-14-17(22-9-23-18(14)25)21-7-11-1-3-12(4-2-11)26(29)30/h1-4,9-10,13,15-16,19,27-28H,5-8,20H2,(H,21,22,23). The maximum Gasteiger partial charge on any atom is 0.269 e. The van der Waals surface area contributed by atoms with E-state index in [4.69, 9.17) is 10.5 Å². The third kappa shape index (κ3) is 4.52. The molecule has 1 aliphatic rings. The predicted octanol–water partition coefficient (Wildman–Crippen LogP) is 0.658. The van der Waals surface area contributed by atoms with Crippen LogP contribution in [0, 0.1) is 10.1 Å². The van der Waals surface area contributed by atoms with Crippen molar-refractivity contribution in [2.75, 3.05) is 23.4 Å². The number of fused-ring (bicyclic) bond motifs is 1. The molecule has 1 aliphatic heterocycles. The number of aromatic nitrogens is 4. The number of nitrogens with zero attached hydrogens (tertiary/aromatic N) is 5. The zero-order valence-electron chi connectivity index (χ0n) is 16.9. The lowest BCUT2D eigenvalue weighted by atomic mass is 10.1. The summed E-state index contributed by atoms with van der Waals surface area (Å²) in [5.41, 5.74) is 7.27. The maximum absolute atomic E-state index is 10.8. The minimum absolute atomic E-state index is 0.0222. The molecule has 170 valence electrons. The van der Waals surface area contributed by atoms with Crippen LogP contribution < -0.4 is 11.1 Å². The normalized spacial score (nSPS) is 23.0. The Hall–Kier alpha value is -2.84. The van der Waals surface area contributed by atoms with Gasteiger partial charge in [-0.2, -0.15) is 11.8 Å². The van der Waals surface area contributed by atoms with E-state index in [1.54, 1.807) is 28.5 Å².